The van der Waals surface area contributed by atoms with Gasteiger partial charge in [-0.2, -0.15) is 0 Å². The van der Waals surface area contributed by atoms with Crippen molar-refractivity contribution in [2.75, 3.05) is 0 Å². The molecule has 3 heteroatoms. The van der Waals surface area contributed by atoms with E-state index in [1.54, 1.807) is 0 Å². The van der Waals surface area contributed by atoms with E-state index in [-0.39, 0.29) is 5.82 Å². The molecule has 0 bridgehead atoms. The fraction of sp³-hybridized carbons (Fsp3) is 0.444. The Hall–Kier alpha value is -0.440. The van der Waals surface area contributed by atoms with Gasteiger partial charge in [-0.3, -0.25) is 4.98 Å². The van der Waals surface area contributed by atoms with Crippen molar-refractivity contribution in [1.82, 2.24) is 4.98 Å². The molecule has 1 nitrogen and oxygen atoms in total. The third kappa shape index (κ3) is 1.38. The molecule has 0 N–H and O–H groups in total. The Morgan fingerprint density at radius 2 is 2.25 bits per heavy atom. The summed E-state index contributed by atoms with van der Waals surface area (Å²) in [5.41, 5.74) is 1.02. The molecule has 1 aliphatic carbocycles. The summed E-state index contributed by atoms with van der Waals surface area (Å²) in [4.78, 5) is 4.08. The third-order valence-electron chi connectivity index (χ3n) is 2.33. The van der Waals surface area contributed by atoms with Crippen LogP contribution in [0.25, 0.3) is 0 Å². The molecule has 1 heterocycles. The zero-order valence-corrected chi connectivity index (χ0v) is 8.14. The van der Waals surface area contributed by atoms with E-state index in [9.17, 15) is 4.39 Å². The molecule has 1 saturated carbocycles. The van der Waals surface area contributed by atoms with E-state index in [0.717, 1.165) is 10.2 Å². The monoisotopic (exact) mass is 229 g/mol. The van der Waals surface area contributed by atoms with Gasteiger partial charge in [-0.05, 0) is 34.8 Å². The van der Waals surface area contributed by atoms with Gasteiger partial charge in [-0.15, -0.1) is 0 Å². The second kappa shape index (κ2) is 3.13. The van der Waals surface area contributed by atoms with Crippen LogP contribution in [0.5, 0.6) is 0 Å². The quantitative estimate of drug-likeness (QED) is 0.721. The minimum Gasteiger partial charge on any atom is -0.257 e. The smallest absolute Gasteiger partial charge is 0.142 e. The minimum absolute atomic E-state index is 0.273. The number of hydrogen-bond acceptors (Lipinski definition) is 1. The molecule has 0 spiro atoms. The fourth-order valence-corrected chi connectivity index (χ4v) is 2.05. The van der Waals surface area contributed by atoms with Gasteiger partial charge in [-0.25, -0.2) is 4.39 Å². The molecule has 0 radical (unpaired) electrons. The van der Waals surface area contributed by atoms with Crippen LogP contribution in [-0.4, -0.2) is 4.98 Å². The second-order valence-corrected chi connectivity index (χ2v) is 4.00. The molecule has 0 aliphatic heterocycles. The van der Waals surface area contributed by atoms with E-state index < -0.39 is 0 Å². The maximum absolute atomic E-state index is 12.6. The average molecular weight is 230 g/mol. The summed E-state index contributed by atoms with van der Waals surface area (Å²) < 4.78 is 13.5. The summed E-state index contributed by atoms with van der Waals surface area (Å²) in [6, 6.07) is 1.49. The number of halogens is 2. The maximum Gasteiger partial charge on any atom is 0.142 e. The van der Waals surface area contributed by atoms with Gasteiger partial charge in [0.2, 0.25) is 0 Å². The molecule has 12 heavy (non-hydrogen) atoms. The van der Waals surface area contributed by atoms with Crippen LogP contribution in [0.1, 0.15) is 30.9 Å². The van der Waals surface area contributed by atoms with Crippen molar-refractivity contribution in [2.45, 2.75) is 25.2 Å². The predicted octanol–water partition coefficient (Wildman–Crippen LogP) is 3.25. The Balaban J connectivity index is 2.31. The van der Waals surface area contributed by atoms with Crippen LogP contribution in [0.4, 0.5) is 4.39 Å². The molecular formula is C9H9BrFN. The van der Waals surface area contributed by atoms with Gasteiger partial charge in [-0.1, -0.05) is 6.42 Å². The Bertz CT molecular complexity index is 297. The molecule has 1 fully saturated rings. The third-order valence-corrected chi connectivity index (χ3v) is 2.96. The van der Waals surface area contributed by atoms with Gasteiger partial charge in [0.15, 0.2) is 0 Å². The molecule has 0 atom stereocenters. The van der Waals surface area contributed by atoms with E-state index in [0.29, 0.717) is 5.92 Å². The van der Waals surface area contributed by atoms with Gasteiger partial charge in [0.25, 0.3) is 0 Å². The number of nitrogens with zero attached hydrogens (tertiary/aromatic N) is 1. The van der Waals surface area contributed by atoms with Gasteiger partial charge in [0.1, 0.15) is 5.82 Å². The van der Waals surface area contributed by atoms with Crippen LogP contribution in [0.3, 0.4) is 0 Å². The van der Waals surface area contributed by atoms with Crippen molar-refractivity contribution in [1.29, 1.82) is 0 Å². The van der Waals surface area contributed by atoms with Gasteiger partial charge >= 0.3 is 0 Å². The van der Waals surface area contributed by atoms with Gasteiger partial charge in [0.05, 0.1) is 11.9 Å². The predicted molar refractivity (Wildman–Crippen MR) is 48.5 cm³/mol. The van der Waals surface area contributed by atoms with Gasteiger partial charge in [0, 0.05) is 10.4 Å². The lowest BCUT2D eigenvalue weighted by Crippen LogP contribution is -2.11. The normalized spacial score (nSPS) is 17.5. The highest BCUT2D eigenvalue weighted by molar-refractivity contribution is 9.10. The lowest BCUT2D eigenvalue weighted by Gasteiger charge is -2.25. The summed E-state index contributed by atoms with van der Waals surface area (Å²) in [6.07, 6.45) is 4.95. The maximum atomic E-state index is 12.6. The Morgan fingerprint density at radius 1 is 1.50 bits per heavy atom. The fourth-order valence-electron chi connectivity index (χ4n) is 1.41. The highest BCUT2D eigenvalue weighted by Gasteiger charge is 2.22. The molecule has 1 aliphatic rings. The molecule has 0 amide bonds. The molecule has 0 unspecified atom stereocenters. The molecule has 1 aromatic heterocycles. The summed E-state index contributed by atoms with van der Waals surface area (Å²) in [7, 11) is 0. The highest BCUT2D eigenvalue weighted by atomic mass is 79.9. The zero-order valence-electron chi connectivity index (χ0n) is 6.56. The molecule has 2 rings (SSSR count). The van der Waals surface area contributed by atoms with Crippen molar-refractivity contribution in [2.24, 2.45) is 0 Å². The first-order chi connectivity index (χ1) is 5.77. The number of aromatic nitrogens is 1. The Kier molecular flexibility index (Phi) is 2.13. The van der Waals surface area contributed by atoms with E-state index in [1.165, 1.54) is 31.5 Å². The first-order valence-electron chi connectivity index (χ1n) is 4.08. The molecule has 1 aromatic rings. The number of hydrogen-bond donors (Lipinski definition) is 0. The van der Waals surface area contributed by atoms with E-state index in [1.807, 2.05) is 0 Å². The first-order valence-corrected chi connectivity index (χ1v) is 4.87. The standard InChI is InChI=1S/C9H9BrFN/c10-8-4-7(11)5-12-9(8)6-2-1-3-6/h4-6H,1-3H2. The van der Waals surface area contributed by atoms with Crippen LogP contribution >= 0.6 is 15.9 Å². The summed E-state index contributed by atoms with van der Waals surface area (Å²) in [6.45, 7) is 0. The zero-order chi connectivity index (χ0) is 8.55. The highest BCUT2D eigenvalue weighted by Crippen LogP contribution is 2.38. The van der Waals surface area contributed by atoms with Crippen LogP contribution in [0.15, 0.2) is 16.7 Å². The van der Waals surface area contributed by atoms with Crippen LogP contribution in [0, 0.1) is 5.82 Å². The molecule has 0 aromatic carbocycles. The Morgan fingerprint density at radius 3 is 2.75 bits per heavy atom. The van der Waals surface area contributed by atoms with Crippen molar-refractivity contribution in [3.8, 4) is 0 Å². The van der Waals surface area contributed by atoms with E-state index >= 15 is 0 Å². The van der Waals surface area contributed by atoms with Crippen LogP contribution in [-0.2, 0) is 0 Å². The van der Waals surface area contributed by atoms with Crippen molar-refractivity contribution in [3.05, 3.63) is 28.2 Å². The topological polar surface area (TPSA) is 12.9 Å². The Labute approximate surface area is 79.1 Å². The summed E-state index contributed by atoms with van der Waals surface area (Å²) >= 11 is 3.32. The second-order valence-electron chi connectivity index (χ2n) is 3.15. The van der Waals surface area contributed by atoms with Crippen molar-refractivity contribution >= 4 is 15.9 Å². The van der Waals surface area contributed by atoms with E-state index in [2.05, 4.69) is 20.9 Å². The van der Waals surface area contributed by atoms with Crippen LogP contribution in [0.2, 0.25) is 0 Å². The average Bonchev–Trinajstić information content (AvgIpc) is 1.91. The van der Waals surface area contributed by atoms with Crippen molar-refractivity contribution < 1.29 is 4.39 Å². The first kappa shape index (κ1) is 8.17. The van der Waals surface area contributed by atoms with E-state index in [4.69, 9.17) is 0 Å². The lowest BCUT2D eigenvalue weighted by molar-refractivity contribution is 0.408. The molecule has 0 saturated heterocycles. The summed E-state index contributed by atoms with van der Waals surface area (Å²) in [5.74, 6) is 0.282. The van der Waals surface area contributed by atoms with Gasteiger partial charge < -0.3 is 0 Å². The molecule has 64 valence electrons. The SMILES string of the molecule is Fc1cnc(C2CCC2)c(Br)c1. The minimum atomic E-state index is -0.273. The molecular weight excluding hydrogens is 221 g/mol. The largest absolute Gasteiger partial charge is 0.257 e. The number of pyridine rings is 1. The van der Waals surface area contributed by atoms with Crippen molar-refractivity contribution in [3.63, 3.8) is 0 Å². The van der Waals surface area contributed by atoms with Crippen LogP contribution < -0.4 is 0 Å². The summed E-state index contributed by atoms with van der Waals surface area (Å²) in [5, 5.41) is 0. The number of rotatable bonds is 1. The lowest BCUT2D eigenvalue weighted by atomic mass is 9.83.